The molecule has 110 valence electrons. The van der Waals surface area contributed by atoms with Crippen molar-refractivity contribution in [3.63, 3.8) is 0 Å². The second kappa shape index (κ2) is 6.31. The molecule has 0 fully saturated rings. The van der Waals surface area contributed by atoms with Gasteiger partial charge in [-0.05, 0) is 24.5 Å². The quantitative estimate of drug-likeness (QED) is 0.859. The van der Waals surface area contributed by atoms with Crippen LogP contribution in [0.25, 0.3) is 0 Å². The first-order valence-corrected chi connectivity index (χ1v) is 7.81. The first kappa shape index (κ1) is 14.2. The van der Waals surface area contributed by atoms with E-state index in [2.05, 4.69) is 31.2 Å². The molecule has 0 bridgehead atoms. The normalized spacial score (nSPS) is 15.0. The largest absolute Gasteiger partial charge is 0.457 e. The van der Waals surface area contributed by atoms with Gasteiger partial charge in [0.1, 0.15) is 11.5 Å². The van der Waals surface area contributed by atoms with Crippen molar-refractivity contribution in [2.24, 2.45) is 5.92 Å². The van der Waals surface area contributed by atoms with Crippen molar-refractivity contribution in [3.05, 3.63) is 59.7 Å². The zero-order chi connectivity index (χ0) is 14.7. The summed E-state index contributed by atoms with van der Waals surface area (Å²) in [6, 6.07) is 16.4. The van der Waals surface area contributed by atoms with E-state index < -0.39 is 0 Å². The smallest absolute Gasteiger partial charge is 0.131 e. The summed E-state index contributed by atoms with van der Waals surface area (Å²) >= 11 is 0. The van der Waals surface area contributed by atoms with Gasteiger partial charge in [0, 0.05) is 23.7 Å². The van der Waals surface area contributed by atoms with Gasteiger partial charge in [0.15, 0.2) is 0 Å². The number of ether oxygens (including phenoxy) is 1. The number of hydrogen-bond donors (Lipinski definition) is 1. The van der Waals surface area contributed by atoms with E-state index in [1.807, 2.05) is 24.3 Å². The summed E-state index contributed by atoms with van der Waals surface area (Å²) in [6.45, 7) is 2.41. The first-order chi connectivity index (χ1) is 10.3. The van der Waals surface area contributed by atoms with Crippen LogP contribution >= 0.6 is 0 Å². The monoisotopic (exact) mass is 282 g/mol. The number of unbranched alkanes of at least 4 members (excludes halogenated alkanes) is 1. The minimum absolute atomic E-state index is 0.216. The summed E-state index contributed by atoms with van der Waals surface area (Å²) in [5.41, 5.74) is 2.40. The number of para-hydroxylation sites is 2. The van der Waals surface area contributed by atoms with Crippen LogP contribution in [-0.4, -0.2) is 11.7 Å². The average Bonchev–Trinajstić information content (AvgIpc) is 2.54. The Balaban J connectivity index is 2.05. The number of aliphatic hydroxyl groups excluding tert-OH is 1. The zero-order valence-electron chi connectivity index (χ0n) is 12.5. The molecular weight excluding hydrogens is 260 g/mol. The van der Waals surface area contributed by atoms with Crippen molar-refractivity contribution < 1.29 is 9.84 Å². The van der Waals surface area contributed by atoms with E-state index in [4.69, 9.17) is 4.74 Å². The molecule has 1 N–H and O–H groups in total. The Morgan fingerprint density at radius 2 is 1.57 bits per heavy atom. The van der Waals surface area contributed by atoms with E-state index in [1.54, 1.807) is 0 Å². The summed E-state index contributed by atoms with van der Waals surface area (Å²) in [4.78, 5) is 0. The van der Waals surface area contributed by atoms with Crippen LogP contribution in [0.3, 0.4) is 0 Å². The molecule has 0 saturated heterocycles. The van der Waals surface area contributed by atoms with Gasteiger partial charge in [0.05, 0.1) is 0 Å². The highest BCUT2D eigenvalue weighted by Crippen LogP contribution is 2.48. The van der Waals surface area contributed by atoms with Gasteiger partial charge in [-0.15, -0.1) is 0 Å². The Bertz CT molecular complexity index is 561. The summed E-state index contributed by atoms with van der Waals surface area (Å²) in [7, 11) is 0. The molecule has 21 heavy (non-hydrogen) atoms. The maximum atomic E-state index is 9.92. The molecule has 1 aliphatic rings. The van der Waals surface area contributed by atoms with E-state index in [0.717, 1.165) is 30.8 Å². The van der Waals surface area contributed by atoms with Gasteiger partial charge < -0.3 is 9.84 Å². The zero-order valence-corrected chi connectivity index (χ0v) is 12.5. The molecule has 2 aromatic carbocycles. The van der Waals surface area contributed by atoms with Crippen LogP contribution in [0.1, 0.15) is 43.2 Å². The molecule has 1 atom stereocenters. The van der Waals surface area contributed by atoms with Crippen LogP contribution in [0.4, 0.5) is 0 Å². The van der Waals surface area contributed by atoms with Gasteiger partial charge >= 0.3 is 0 Å². The molecule has 0 radical (unpaired) electrons. The van der Waals surface area contributed by atoms with Crippen LogP contribution in [0.15, 0.2) is 48.5 Å². The van der Waals surface area contributed by atoms with Gasteiger partial charge in [-0.2, -0.15) is 0 Å². The van der Waals surface area contributed by atoms with Crippen LogP contribution in [0.5, 0.6) is 11.5 Å². The molecule has 0 spiro atoms. The molecule has 0 amide bonds. The number of hydrogen-bond acceptors (Lipinski definition) is 2. The SMILES string of the molecule is CCCC[C@@H](CO)C1c2ccccc2Oc2ccccc21. The molecule has 3 rings (SSSR count). The van der Waals surface area contributed by atoms with Crippen molar-refractivity contribution in [2.75, 3.05) is 6.61 Å². The molecule has 0 unspecified atom stereocenters. The standard InChI is InChI=1S/C19H22O2/c1-2-3-8-14(13-20)19-15-9-4-6-11-17(15)21-18-12-7-5-10-16(18)19/h4-7,9-12,14,19-20H,2-3,8,13H2,1H3/t14-/m0/s1. The third kappa shape index (κ3) is 2.68. The molecule has 1 heterocycles. The predicted octanol–water partition coefficient (Wildman–Crippen LogP) is 4.72. The second-order valence-corrected chi connectivity index (χ2v) is 5.74. The average molecular weight is 282 g/mol. The summed E-state index contributed by atoms with van der Waals surface area (Å²) in [6.07, 6.45) is 3.34. The highest BCUT2D eigenvalue weighted by atomic mass is 16.5. The highest BCUT2D eigenvalue weighted by molar-refractivity contribution is 5.53. The van der Waals surface area contributed by atoms with E-state index in [9.17, 15) is 5.11 Å². The van der Waals surface area contributed by atoms with Crippen molar-refractivity contribution in [1.29, 1.82) is 0 Å². The van der Waals surface area contributed by atoms with Crippen LogP contribution in [0.2, 0.25) is 0 Å². The lowest BCUT2D eigenvalue weighted by atomic mass is 9.77. The first-order valence-electron chi connectivity index (χ1n) is 7.81. The van der Waals surface area contributed by atoms with E-state index in [0.29, 0.717) is 0 Å². The second-order valence-electron chi connectivity index (χ2n) is 5.74. The molecular formula is C19H22O2. The Morgan fingerprint density at radius 3 is 2.10 bits per heavy atom. The summed E-state index contributed by atoms with van der Waals surface area (Å²) in [5.74, 6) is 2.33. The van der Waals surface area contributed by atoms with E-state index in [1.165, 1.54) is 11.1 Å². The number of aliphatic hydroxyl groups is 1. The third-order valence-corrected chi connectivity index (χ3v) is 4.36. The van der Waals surface area contributed by atoms with Crippen molar-refractivity contribution in [3.8, 4) is 11.5 Å². The van der Waals surface area contributed by atoms with Crippen LogP contribution < -0.4 is 4.74 Å². The van der Waals surface area contributed by atoms with E-state index >= 15 is 0 Å². The Labute approximate surface area is 126 Å². The van der Waals surface area contributed by atoms with Gasteiger partial charge in [0.2, 0.25) is 0 Å². The lowest BCUT2D eigenvalue weighted by molar-refractivity contribution is 0.198. The maximum absolute atomic E-state index is 9.92. The number of fused-ring (bicyclic) bond motifs is 2. The van der Waals surface area contributed by atoms with Crippen LogP contribution in [-0.2, 0) is 0 Å². The van der Waals surface area contributed by atoms with Gasteiger partial charge in [-0.1, -0.05) is 56.2 Å². The summed E-state index contributed by atoms with van der Waals surface area (Å²) in [5, 5.41) is 9.92. The lowest BCUT2D eigenvalue weighted by Crippen LogP contribution is -2.21. The Morgan fingerprint density at radius 1 is 1.00 bits per heavy atom. The fourth-order valence-corrected chi connectivity index (χ4v) is 3.28. The predicted molar refractivity (Wildman–Crippen MR) is 84.9 cm³/mol. The maximum Gasteiger partial charge on any atom is 0.131 e. The molecule has 0 aliphatic carbocycles. The van der Waals surface area contributed by atoms with Crippen LogP contribution in [0, 0.1) is 5.92 Å². The molecule has 0 saturated carbocycles. The Kier molecular flexibility index (Phi) is 4.26. The van der Waals surface area contributed by atoms with Crippen molar-refractivity contribution in [1.82, 2.24) is 0 Å². The van der Waals surface area contributed by atoms with Gasteiger partial charge in [0.25, 0.3) is 0 Å². The molecule has 1 aliphatic heterocycles. The van der Waals surface area contributed by atoms with E-state index in [-0.39, 0.29) is 18.4 Å². The molecule has 2 heteroatoms. The highest BCUT2D eigenvalue weighted by Gasteiger charge is 2.32. The molecule has 0 aromatic heterocycles. The Hall–Kier alpha value is -1.80. The fourth-order valence-electron chi connectivity index (χ4n) is 3.28. The minimum Gasteiger partial charge on any atom is -0.457 e. The summed E-state index contributed by atoms with van der Waals surface area (Å²) < 4.78 is 6.03. The number of benzene rings is 2. The van der Waals surface area contributed by atoms with Gasteiger partial charge in [-0.3, -0.25) is 0 Å². The molecule has 2 aromatic rings. The third-order valence-electron chi connectivity index (χ3n) is 4.36. The van der Waals surface area contributed by atoms with Crippen molar-refractivity contribution in [2.45, 2.75) is 32.1 Å². The fraction of sp³-hybridized carbons (Fsp3) is 0.368. The molecule has 2 nitrogen and oxygen atoms in total. The number of rotatable bonds is 5. The van der Waals surface area contributed by atoms with Crippen molar-refractivity contribution >= 4 is 0 Å². The topological polar surface area (TPSA) is 29.5 Å². The minimum atomic E-state index is 0.216. The van der Waals surface area contributed by atoms with Gasteiger partial charge in [-0.25, -0.2) is 0 Å². The lowest BCUT2D eigenvalue weighted by Gasteiger charge is -2.33.